The van der Waals surface area contributed by atoms with Gasteiger partial charge >= 0.3 is 0 Å². The number of nitrogens with zero attached hydrogens (tertiary/aromatic N) is 3. The van der Waals surface area contributed by atoms with Crippen LogP contribution in [0.15, 0.2) is 42.5 Å². The molecular weight excluding hydrogens is 373 g/mol. The lowest BCUT2D eigenvalue weighted by atomic mass is 10.2. The second-order valence-corrected chi connectivity index (χ2v) is 6.74. The fourth-order valence-corrected chi connectivity index (χ4v) is 3.27. The summed E-state index contributed by atoms with van der Waals surface area (Å²) in [6, 6.07) is 14.5. The minimum absolute atomic E-state index is 0.0642. The molecule has 2 aromatic rings. The van der Waals surface area contributed by atoms with Crippen LogP contribution in [0.1, 0.15) is 5.56 Å². The van der Waals surface area contributed by atoms with Crippen molar-refractivity contribution in [2.75, 3.05) is 37.7 Å². The molecule has 2 aromatic carbocycles. The largest absolute Gasteiger partial charge is 0.482 e. The molecule has 0 saturated carbocycles. The van der Waals surface area contributed by atoms with Crippen molar-refractivity contribution in [3.63, 3.8) is 0 Å². The quantitative estimate of drug-likeness (QED) is 0.801. The van der Waals surface area contributed by atoms with E-state index in [4.69, 9.17) is 33.2 Å². The zero-order valence-corrected chi connectivity index (χ0v) is 15.5. The highest BCUT2D eigenvalue weighted by atomic mass is 35.5. The van der Waals surface area contributed by atoms with Crippen molar-refractivity contribution in [2.45, 2.75) is 0 Å². The van der Waals surface area contributed by atoms with E-state index < -0.39 is 0 Å². The number of amides is 1. The zero-order valence-electron chi connectivity index (χ0n) is 14.0. The molecule has 1 fully saturated rings. The summed E-state index contributed by atoms with van der Waals surface area (Å²) in [7, 11) is 0. The number of anilines is 1. The lowest BCUT2D eigenvalue weighted by Crippen LogP contribution is -2.50. The maximum Gasteiger partial charge on any atom is 0.260 e. The first-order valence-electron chi connectivity index (χ1n) is 8.17. The molecule has 1 amide bonds. The molecule has 0 atom stereocenters. The summed E-state index contributed by atoms with van der Waals surface area (Å²) in [4.78, 5) is 16.3. The van der Waals surface area contributed by atoms with E-state index in [0.717, 1.165) is 5.69 Å². The minimum atomic E-state index is -0.0820. The molecule has 7 heteroatoms. The molecule has 0 bridgehead atoms. The van der Waals surface area contributed by atoms with Crippen LogP contribution < -0.4 is 9.64 Å². The van der Waals surface area contributed by atoms with Crippen LogP contribution in [0.2, 0.25) is 10.0 Å². The molecule has 0 radical (unpaired) electrons. The van der Waals surface area contributed by atoms with E-state index in [1.807, 2.05) is 18.2 Å². The topological polar surface area (TPSA) is 56.6 Å². The fourth-order valence-electron chi connectivity index (χ4n) is 2.81. The van der Waals surface area contributed by atoms with Crippen LogP contribution in [0.3, 0.4) is 0 Å². The van der Waals surface area contributed by atoms with Crippen molar-refractivity contribution >= 4 is 34.8 Å². The average Bonchev–Trinajstić information content (AvgIpc) is 2.67. The van der Waals surface area contributed by atoms with E-state index in [2.05, 4.69) is 11.0 Å². The number of hydrogen-bond donors (Lipinski definition) is 0. The summed E-state index contributed by atoms with van der Waals surface area (Å²) in [5.41, 5.74) is 1.63. The van der Waals surface area contributed by atoms with Gasteiger partial charge in [0.25, 0.3) is 5.91 Å². The molecule has 1 aliphatic rings. The lowest BCUT2D eigenvalue weighted by Gasteiger charge is -2.36. The number of piperazine rings is 1. The van der Waals surface area contributed by atoms with Crippen LogP contribution in [0.25, 0.3) is 0 Å². The first kappa shape index (κ1) is 18.4. The number of rotatable bonds is 4. The van der Waals surface area contributed by atoms with Gasteiger partial charge in [-0.2, -0.15) is 5.26 Å². The van der Waals surface area contributed by atoms with Crippen LogP contribution in [0.5, 0.6) is 5.75 Å². The molecule has 1 heterocycles. The Kier molecular flexibility index (Phi) is 5.87. The third-order valence-electron chi connectivity index (χ3n) is 4.22. The highest BCUT2D eigenvalue weighted by Crippen LogP contribution is 2.27. The van der Waals surface area contributed by atoms with Crippen molar-refractivity contribution in [1.29, 1.82) is 5.26 Å². The summed E-state index contributed by atoms with van der Waals surface area (Å²) < 4.78 is 5.52. The van der Waals surface area contributed by atoms with Gasteiger partial charge in [-0.3, -0.25) is 4.79 Å². The highest BCUT2D eigenvalue weighted by Gasteiger charge is 2.22. The number of hydrogen-bond acceptors (Lipinski definition) is 4. The fraction of sp³-hybridized carbons (Fsp3) is 0.263. The van der Waals surface area contributed by atoms with Crippen molar-refractivity contribution in [1.82, 2.24) is 4.90 Å². The summed E-state index contributed by atoms with van der Waals surface area (Å²) >= 11 is 11.9. The Morgan fingerprint density at radius 2 is 1.88 bits per heavy atom. The van der Waals surface area contributed by atoms with Crippen molar-refractivity contribution in [3.05, 3.63) is 58.1 Å². The molecule has 3 rings (SSSR count). The van der Waals surface area contributed by atoms with Crippen molar-refractivity contribution in [3.8, 4) is 11.8 Å². The smallest absolute Gasteiger partial charge is 0.260 e. The highest BCUT2D eigenvalue weighted by molar-refractivity contribution is 6.35. The number of nitriles is 1. The van der Waals surface area contributed by atoms with Gasteiger partial charge in [-0.25, -0.2) is 0 Å². The average molecular weight is 390 g/mol. The summed E-state index contributed by atoms with van der Waals surface area (Å²) in [6.07, 6.45) is 0. The first-order valence-corrected chi connectivity index (χ1v) is 8.93. The lowest BCUT2D eigenvalue weighted by molar-refractivity contribution is -0.133. The zero-order chi connectivity index (χ0) is 18.5. The monoisotopic (exact) mass is 389 g/mol. The minimum Gasteiger partial charge on any atom is -0.482 e. The predicted molar refractivity (Wildman–Crippen MR) is 102 cm³/mol. The molecule has 0 aromatic heterocycles. The SMILES string of the molecule is N#Cc1cccc(N2CCN(C(=O)COc3ccc(Cl)cc3Cl)CC2)c1. The van der Waals surface area contributed by atoms with E-state index in [-0.39, 0.29) is 12.5 Å². The molecule has 26 heavy (non-hydrogen) atoms. The van der Waals surface area contributed by atoms with Gasteiger partial charge in [0, 0.05) is 36.9 Å². The number of ether oxygens (including phenoxy) is 1. The van der Waals surface area contributed by atoms with Gasteiger partial charge in [0.2, 0.25) is 0 Å². The standard InChI is InChI=1S/C19H17Cl2N3O2/c20-15-4-5-18(17(21)11-15)26-13-19(25)24-8-6-23(7-9-24)16-3-1-2-14(10-16)12-22/h1-5,10-11H,6-9,13H2. The molecule has 0 spiro atoms. The van der Waals surface area contributed by atoms with Crippen molar-refractivity contribution < 1.29 is 9.53 Å². The molecule has 0 aliphatic carbocycles. The summed E-state index contributed by atoms with van der Waals surface area (Å²) in [6.45, 7) is 2.57. The van der Waals surface area contributed by atoms with E-state index in [0.29, 0.717) is 47.5 Å². The van der Waals surface area contributed by atoms with Gasteiger partial charge in [0.05, 0.1) is 16.7 Å². The molecule has 1 aliphatic heterocycles. The van der Waals surface area contributed by atoms with Crippen LogP contribution in [-0.4, -0.2) is 43.6 Å². The van der Waals surface area contributed by atoms with E-state index in [1.54, 1.807) is 29.2 Å². The molecule has 134 valence electrons. The molecular formula is C19H17Cl2N3O2. The molecule has 5 nitrogen and oxygen atoms in total. The van der Waals surface area contributed by atoms with Crippen LogP contribution >= 0.6 is 23.2 Å². The predicted octanol–water partition coefficient (Wildman–Crippen LogP) is 3.59. The number of halogens is 2. The maximum atomic E-state index is 12.4. The first-order chi connectivity index (χ1) is 12.6. The second kappa shape index (κ2) is 8.31. The third-order valence-corrected chi connectivity index (χ3v) is 4.75. The Labute approximate surface area is 162 Å². The summed E-state index contributed by atoms with van der Waals surface area (Å²) in [5.74, 6) is 0.359. The van der Waals surface area contributed by atoms with Gasteiger partial charge in [-0.1, -0.05) is 29.3 Å². The van der Waals surface area contributed by atoms with Crippen LogP contribution in [-0.2, 0) is 4.79 Å². The number of benzene rings is 2. The molecule has 0 unspecified atom stereocenters. The van der Waals surface area contributed by atoms with Gasteiger partial charge in [-0.05, 0) is 36.4 Å². The molecule has 1 saturated heterocycles. The third kappa shape index (κ3) is 4.40. The Hall–Kier alpha value is -2.42. The second-order valence-electron chi connectivity index (χ2n) is 5.89. The van der Waals surface area contributed by atoms with Gasteiger partial charge in [0.15, 0.2) is 6.61 Å². The maximum absolute atomic E-state index is 12.4. The number of carbonyl (C=O) groups is 1. The Bertz CT molecular complexity index is 843. The van der Waals surface area contributed by atoms with E-state index in [1.165, 1.54) is 0 Å². The van der Waals surface area contributed by atoms with Crippen LogP contribution in [0.4, 0.5) is 5.69 Å². The van der Waals surface area contributed by atoms with Crippen LogP contribution in [0, 0.1) is 11.3 Å². The van der Waals surface area contributed by atoms with Gasteiger partial charge in [0.1, 0.15) is 5.75 Å². The summed E-state index contributed by atoms with van der Waals surface area (Å²) in [5, 5.41) is 9.91. The van der Waals surface area contributed by atoms with E-state index >= 15 is 0 Å². The normalized spacial score (nSPS) is 14.0. The number of carbonyl (C=O) groups excluding carboxylic acids is 1. The Morgan fingerprint density at radius 3 is 2.58 bits per heavy atom. The Balaban J connectivity index is 1.52. The molecule has 0 N–H and O–H groups in total. The Morgan fingerprint density at radius 1 is 1.12 bits per heavy atom. The van der Waals surface area contributed by atoms with Crippen molar-refractivity contribution in [2.24, 2.45) is 0 Å². The van der Waals surface area contributed by atoms with Gasteiger partial charge in [-0.15, -0.1) is 0 Å². The van der Waals surface area contributed by atoms with Gasteiger partial charge < -0.3 is 14.5 Å². The van der Waals surface area contributed by atoms with E-state index in [9.17, 15) is 4.79 Å².